The molecule has 2 rings (SSSR count). The van der Waals surface area contributed by atoms with Crippen molar-refractivity contribution in [2.45, 2.75) is 39.7 Å². The Bertz CT molecular complexity index is 564. The molecule has 0 aliphatic heterocycles. The topological polar surface area (TPSA) is 74.2 Å². The molecule has 108 valence electrons. The molecule has 0 bridgehead atoms. The van der Waals surface area contributed by atoms with Crippen molar-refractivity contribution < 1.29 is 9.26 Å². The molecular weight excluding hydrogens is 254 g/mol. The quantitative estimate of drug-likeness (QED) is 0.877. The van der Waals surface area contributed by atoms with E-state index in [4.69, 9.17) is 15.0 Å². The third kappa shape index (κ3) is 3.57. The first kappa shape index (κ1) is 14.5. The number of nitrogens with two attached hydrogens (primary N) is 1. The van der Waals surface area contributed by atoms with E-state index in [0.717, 1.165) is 17.7 Å². The second kappa shape index (κ2) is 6.52. The van der Waals surface area contributed by atoms with Gasteiger partial charge in [-0.2, -0.15) is 4.98 Å². The Morgan fingerprint density at radius 1 is 1.35 bits per heavy atom. The van der Waals surface area contributed by atoms with Gasteiger partial charge in [-0.15, -0.1) is 0 Å². The van der Waals surface area contributed by atoms with E-state index in [-0.39, 0.29) is 12.5 Å². The van der Waals surface area contributed by atoms with Crippen molar-refractivity contribution in [3.05, 3.63) is 41.0 Å². The van der Waals surface area contributed by atoms with Crippen LogP contribution in [0.1, 0.15) is 42.6 Å². The van der Waals surface area contributed by atoms with E-state index >= 15 is 0 Å². The van der Waals surface area contributed by atoms with Gasteiger partial charge in [-0.05, 0) is 31.5 Å². The van der Waals surface area contributed by atoms with Crippen LogP contribution in [0.4, 0.5) is 0 Å². The van der Waals surface area contributed by atoms with E-state index in [1.807, 2.05) is 26.0 Å². The fourth-order valence-corrected chi connectivity index (χ4v) is 1.90. The van der Waals surface area contributed by atoms with E-state index in [0.29, 0.717) is 18.3 Å². The van der Waals surface area contributed by atoms with Crippen molar-refractivity contribution in [1.29, 1.82) is 0 Å². The molecule has 0 radical (unpaired) electrons. The third-order valence-corrected chi connectivity index (χ3v) is 2.98. The zero-order valence-electron chi connectivity index (χ0n) is 12.2. The SMILES string of the molecule is Cc1ccc(OCc2nc(C(C)C)no2)c(CCN)c1. The molecule has 2 N–H and O–H groups in total. The summed E-state index contributed by atoms with van der Waals surface area (Å²) in [5.41, 5.74) is 7.93. The second-order valence-corrected chi connectivity index (χ2v) is 5.14. The minimum atomic E-state index is 0.250. The van der Waals surface area contributed by atoms with Gasteiger partial charge in [0, 0.05) is 5.92 Å². The summed E-state index contributed by atoms with van der Waals surface area (Å²) in [5, 5.41) is 3.91. The Kier molecular flexibility index (Phi) is 4.74. The van der Waals surface area contributed by atoms with Gasteiger partial charge in [-0.3, -0.25) is 0 Å². The molecule has 20 heavy (non-hydrogen) atoms. The Labute approximate surface area is 119 Å². The van der Waals surface area contributed by atoms with E-state index < -0.39 is 0 Å². The number of hydrogen-bond acceptors (Lipinski definition) is 5. The average molecular weight is 275 g/mol. The molecule has 0 aliphatic rings. The number of hydrogen-bond donors (Lipinski definition) is 1. The first-order valence-corrected chi connectivity index (χ1v) is 6.85. The molecule has 2 aromatic rings. The summed E-state index contributed by atoms with van der Waals surface area (Å²) in [6.45, 7) is 6.97. The number of ether oxygens (including phenoxy) is 1. The Morgan fingerprint density at radius 3 is 2.80 bits per heavy atom. The average Bonchev–Trinajstić information content (AvgIpc) is 2.87. The number of nitrogens with zero attached hydrogens (tertiary/aromatic N) is 2. The summed E-state index contributed by atoms with van der Waals surface area (Å²) in [7, 11) is 0. The monoisotopic (exact) mass is 275 g/mol. The summed E-state index contributed by atoms with van der Waals surface area (Å²) in [6.07, 6.45) is 0.790. The Balaban J connectivity index is 2.06. The normalized spacial score (nSPS) is 11.1. The van der Waals surface area contributed by atoms with Crippen molar-refractivity contribution in [1.82, 2.24) is 10.1 Å². The van der Waals surface area contributed by atoms with E-state index in [1.165, 1.54) is 5.56 Å². The van der Waals surface area contributed by atoms with Crippen LogP contribution in [-0.4, -0.2) is 16.7 Å². The molecule has 0 aliphatic carbocycles. The van der Waals surface area contributed by atoms with Crippen LogP contribution in [0.5, 0.6) is 5.75 Å². The van der Waals surface area contributed by atoms with Crippen molar-refractivity contribution in [2.24, 2.45) is 5.73 Å². The zero-order chi connectivity index (χ0) is 14.5. The van der Waals surface area contributed by atoms with Crippen molar-refractivity contribution in [3.63, 3.8) is 0 Å². The van der Waals surface area contributed by atoms with E-state index in [2.05, 4.69) is 23.1 Å². The first-order valence-electron chi connectivity index (χ1n) is 6.85. The number of benzene rings is 1. The van der Waals surface area contributed by atoms with Crippen LogP contribution in [0, 0.1) is 6.92 Å². The van der Waals surface area contributed by atoms with Crippen LogP contribution in [0.15, 0.2) is 22.7 Å². The van der Waals surface area contributed by atoms with Crippen LogP contribution >= 0.6 is 0 Å². The van der Waals surface area contributed by atoms with Crippen molar-refractivity contribution >= 4 is 0 Å². The summed E-state index contributed by atoms with van der Waals surface area (Å²) in [6, 6.07) is 6.07. The molecule has 0 amide bonds. The Morgan fingerprint density at radius 2 is 2.15 bits per heavy atom. The number of aromatic nitrogens is 2. The molecule has 0 fully saturated rings. The van der Waals surface area contributed by atoms with Gasteiger partial charge >= 0.3 is 0 Å². The second-order valence-electron chi connectivity index (χ2n) is 5.14. The number of aryl methyl sites for hydroxylation is 1. The van der Waals surface area contributed by atoms with Crippen molar-refractivity contribution in [3.8, 4) is 5.75 Å². The molecular formula is C15H21N3O2. The first-order chi connectivity index (χ1) is 9.60. The van der Waals surface area contributed by atoms with Gasteiger partial charge in [0.15, 0.2) is 12.4 Å². The smallest absolute Gasteiger partial charge is 0.264 e. The van der Waals surface area contributed by atoms with Gasteiger partial charge in [-0.25, -0.2) is 0 Å². The summed E-state index contributed by atoms with van der Waals surface area (Å²) < 4.78 is 10.9. The van der Waals surface area contributed by atoms with Gasteiger partial charge in [0.05, 0.1) is 0 Å². The Hall–Kier alpha value is -1.88. The molecule has 1 heterocycles. The van der Waals surface area contributed by atoms with Gasteiger partial charge in [0.2, 0.25) is 0 Å². The predicted molar refractivity (Wildman–Crippen MR) is 76.7 cm³/mol. The van der Waals surface area contributed by atoms with Gasteiger partial charge in [0.25, 0.3) is 5.89 Å². The van der Waals surface area contributed by atoms with Crippen LogP contribution in [0.25, 0.3) is 0 Å². The van der Waals surface area contributed by atoms with Crippen LogP contribution in [0.2, 0.25) is 0 Å². The lowest BCUT2D eigenvalue weighted by molar-refractivity contribution is 0.240. The molecule has 0 spiro atoms. The lowest BCUT2D eigenvalue weighted by atomic mass is 10.1. The highest BCUT2D eigenvalue weighted by Gasteiger charge is 2.11. The standard InChI is InChI=1S/C15H21N3O2/c1-10(2)15-17-14(20-18-15)9-19-13-5-4-11(3)8-12(13)6-7-16/h4-5,8,10H,6-7,9,16H2,1-3H3. The minimum Gasteiger partial charge on any atom is -0.483 e. The molecule has 1 aromatic carbocycles. The molecule has 5 nitrogen and oxygen atoms in total. The maximum Gasteiger partial charge on any atom is 0.264 e. The van der Waals surface area contributed by atoms with Gasteiger partial charge in [-0.1, -0.05) is 36.7 Å². The predicted octanol–water partition coefficient (Wildman–Crippen LogP) is 2.58. The third-order valence-electron chi connectivity index (χ3n) is 2.98. The van der Waals surface area contributed by atoms with Gasteiger partial charge in [0.1, 0.15) is 5.75 Å². The largest absolute Gasteiger partial charge is 0.483 e. The molecule has 0 saturated carbocycles. The van der Waals surface area contributed by atoms with E-state index in [9.17, 15) is 0 Å². The maximum absolute atomic E-state index is 5.77. The molecule has 0 saturated heterocycles. The lowest BCUT2D eigenvalue weighted by Gasteiger charge is -2.10. The summed E-state index contributed by atoms with van der Waals surface area (Å²) in [5.74, 6) is 2.27. The van der Waals surface area contributed by atoms with Crippen LogP contribution < -0.4 is 10.5 Å². The fourth-order valence-electron chi connectivity index (χ4n) is 1.90. The molecule has 5 heteroatoms. The summed E-state index contributed by atoms with van der Waals surface area (Å²) in [4.78, 5) is 4.29. The van der Waals surface area contributed by atoms with Crippen LogP contribution in [0.3, 0.4) is 0 Å². The van der Waals surface area contributed by atoms with E-state index in [1.54, 1.807) is 0 Å². The highest BCUT2D eigenvalue weighted by atomic mass is 16.5. The van der Waals surface area contributed by atoms with Crippen LogP contribution in [-0.2, 0) is 13.0 Å². The molecule has 0 unspecified atom stereocenters. The molecule has 1 aromatic heterocycles. The highest BCUT2D eigenvalue weighted by molar-refractivity contribution is 5.37. The minimum absolute atomic E-state index is 0.250. The summed E-state index contributed by atoms with van der Waals surface area (Å²) >= 11 is 0. The maximum atomic E-state index is 5.77. The number of rotatable bonds is 6. The van der Waals surface area contributed by atoms with Gasteiger partial charge < -0.3 is 15.0 Å². The zero-order valence-corrected chi connectivity index (χ0v) is 12.2. The highest BCUT2D eigenvalue weighted by Crippen LogP contribution is 2.21. The fraction of sp³-hybridized carbons (Fsp3) is 0.467. The lowest BCUT2D eigenvalue weighted by Crippen LogP contribution is -2.06. The van der Waals surface area contributed by atoms with Crippen molar-refractivity contribution in [2.75, 3.05) is 6.54 Å². The molecule has 0 atom stereocenters.